The molecule has 0 aromatic heterocycles. The first kappa shape index (κ1) is 20.5. The first-order chi connectivity index (χ1) is 11.8. The lowest BCUT2D eigenvalue weighted by molar-refractivity contribution is -0.330. The minimum Gasteiger partial charge on any atom is -0.207 e. The molecule has 0 fully saturated rings. The van der Waals surface area contributed by atoms with Gasteiger partial charge in [-0.1, -0.05) is 12.1 Å². The highest BCUT2D eigenvalue weighted by Gasteiger charge is 2.73. The van der Waals surface area contributed by atoms with Gasteiger partial charge in [-0.3, -0.25) is 0 Å². The Morgan fingerprint density at radius 3 is 1.92 bits per heavy atom. The minimum absolute atomic E-state index is 0.0155. The van der Waals surface area contributed by atoms with Gasteiger partial charge in [0.05, 0.1) is 0 Å². The largest absolute Gasteiger partial charge is 0.460 e. The van der Waals surface area contributed by atoms with E-state index in [0.29, 0.717) is 0 Å². The Hall–Kier alpha value is -1.77. The molecule has 0 nitrogen and oxygen atoms in total. The third-order valence-corrected chi connectivity index (χ3v) is 4.50. The summed E-state index contributed by atoms with van der Waals surface area (Å²) in [5, 5.41) is -5.44. The molecule has 0 atom stereocenters. The molecule has 0 unspecified atom stereocenters. The zero-order valence-electron chi connectivity index (χ0n) is 13.3. The minimum atomic E-state index is -6.41. The molecule has 0 N–H and O–H groups in total. The highest BCUT2D eigenvalue weighted by Crippen LogP contribution is 2.55. The zero-order valence-corrected chi connectivity index (χ0v) is 14.1. The standard InChI is InChI=1S/C17H11F8S/c1-9-7-10(2)14(11-3-5-12(18)6-4-11)13(8-9)26-17(24,25)15(19,20)16(21,22)23/h3-6,8H,1-2H3. The number of halogens is 8. The van der Waals surface area contributed by atoms with Crippen molar-refractivity contribution in [3.63, 3.8) is 0 Å². The van der Waals surface area contributed by atoms with Crippen molar-refractivity contribution in [2.45, 2.75) is 36.1 Å². The summed E-state index contributed by atoms with van der Waals surface area (Å²) in [5.41, 5.74) is 0.708. The van der Waals surface area contributed by atoms with Crippen molar-refractivity contribution in [3.05, 3.63) is 53.3 Å². The van der Waals surface area contributed by atoms with Crippen molar-refractivity contribution >= 4 is 11.8 Å². The molecular formula is C17H11F8S. The lowest BCUT2D eigenvalue weighted by Gasteiger charge is -2.28. The van der Waals surface area contributed by atoms with Crippen LogP contribution in [0.2, 0.25) is 0 Å². The lowest BCUT2D eigenvalue weighted by Crippen LogP contribution is -2.49. The van der Waals surface area contributed by atoms with Crippen LogP contribution in [0.15, 0.2) is 35.2 Å². The number of alkyl halides is 7. The Morgan fingerprint density at radius 2 is 1.42 bits per heavy atom. The average Bonchev–Trinajstić information content (AvgIpc) is 2.46. The molecule has 1 radical (unpaired) electrons. The van der Waals surface area contributed by atoms with Gasteiger partial charge in [0, 0.05) is 4.90 Å². The highest BCUT2D eigenvalue weighted by atomic mass is 32.2. The fourth-order valence-corrected chi connectivity index (χ4v) is 3.40. The zero-order chi connectivity index (χ0) is 19.9. The number of aryl methyl sites for hydroxylation is 2. The predicted molar refractivity (Wildman–Crippen MR) is 82.0 cm³/mol. The number of hydrogen-bond donors (Lipinski definition) is 0. The fourth-order valence-electron chi connectivity index (χ4n) is 2.27. The van der Waals surface area contributed by atoms with Gasteiger partial charge in [-0.25, -0.2) is 4.39 Å². The van der Waals surface area contributed by atoms with Crippen molar-refractivity contribution in [3.8, 4) is 11.1 Å². The van der Waals surface area contributed by atoms with E-state index in [9.17, 15) is 35.1 Å². The van der Waals surface area contributed by atoms with Gasteiger partial charge in [-0.05, 0) is 72.1 Å². The van der Waals surface area contributed by atoms with Crippen molar-refractivity contribution in [2.75, 3.05) is 0 Å². The topological polar surface area (TPSA) is 0 Å². The maximum atomic E-state index is 13.8. The molecule has 9 heteroatoms. The normalized spacial score (nSPS) is 13.2. The van der Waals surface area contributed by atoms with E-state index in [4.69, 9.17) is 0 Å². The lowest BCUT2D eigenvalue weighted by atomic mass is 9.98. The third-order valence-electron chi connectivity index (χ3n) is 3.45. The van der Waals surface area contributed by atoms with E-state index in [1.165, 1.54) is 26.0 Å². The van der Waals surface area contributed by atoms with Crippen LogP contribution in [0.3, 0.4) is 0 Å². The van der Waals surface area contributed by atoms with E-state index in [0.717, 1.165) is 18.2 Å². The molecule has 2 rings (SSSR count). The van der Waals surface area contributed by atoms with E-state index in [1.807, 2.05) is 0 Å². The fraction of sp³-hybridized carbons (Fsp3) is 0.294. The monoisotopic (exact) mass is 399 g/mol. The van der Waals surface area contributed by atoms with Crippen LogP contribution in [0.25, 0.3) is 11.1 Å². The van der Waals surface area contributed by atoms with Gasteiger partial charge in [-0.2, -0.15) is 30.7 Å². The molecule has 0 amide bonds. The SMILES string of the molecule is Cc1[c]c(C)c(-c2ccc(F)cc2)c(SC(F)(F)C(F)(F)C(F)(F)F)c1. The van der Waals surface area contributed by atoms with Crippen molar-refractivity contribution in [1.82, 2.24) is 0 Å². The van der Waals surface area contributed by atoms with E-state index >= 15 is 0 Å². The van der Waals surface area contributed by atoms with Gasteiger partial charge in [0.15, 0.2) is 0 Å². The molecule has 0 aliphatic heterocycles. The van der Waals surface area contributed by atoms with Crippen LogP contribution in [-0.2, 0) is 0 Å². The summed E-state index contributed by atoms with van der Waals surface area (Å²) in [6.45, 7) is 2.88. The molecule has 141 valence electrons. The summed E-state index contributed by atoms with van der Waals surface area (Å²) in [5.74, 6) is -6.85. The van der Waals surface area contributed by atoms with Crippen molar-refractivity contribution in [1.29, 1.82) is 0 Å². The van der Waals surface area contributed by atoms with E-state index in [2.05, 4.69) is 6.07 Å². The molecular weight excluding hydrogens is 388 g/mol. The van der Waals surface area contributed by atoms with Crippen LogP contribution in [0.1, 0.15) is 11.1 Å². The summed E-state index contributed by atoms with van der Waals surface area (Å²) in [4.78, 5) is -0.487. The number of rotatable bonds is 4. The highest BCUT2D eigenvalue weighted by molar-refractivity contribution is 8.00. The summed E-state index contributed by atoms with van der Waals surface area (Å²) < 4.78 is 104. The number of benzene rings is 2. The Morgan fingerprint density at radius 1 is 0.885 bits per heavy atom. The number of hydrogen-bond acceptors (Lipinski definition) is 1. The van der Waals surface area contributed by atoms with E-state index in [1.54, 1.807) is 0 Å². The van der Waals surface area contributed by atoms with E-state index < -0.39 is 39.8 Å². The summed E-state index contributed by atoms with van der Waals surface area (Å²) >= 11 is -0.883. The molecule has 0 saturated carbocycles. The second-order valence-electron chi connectivity index (χ2n) is 5.51. The maximum absolute atomic E-state index is 13.8. The van der Waals surface area contributed by atoms with Gasteiger partial charge in [0.1, 0.15) is 5.82 Å². The van der Waals surface area contributed by atoms with E-state index in [-0.39, 0.29) is 22.3 Å². The average molecular weight is 399 g/mol. The first-order valence-corrected chi connectivity index (χ1v) is 7.89. The summed E-state index contributed by atoms with van der Waals surface area (Å²) in [6, 6.07) is 8.29. The Kier molecular flexibility index (Phi) is 5.34. The van der Waals surface area contributed by atoms with Crippen LogP contribution < -0.4 is 0 Å². The molecule has 0 aliphatic rings. The summed E-state index contributed by atoms with van der Waals surface area (Å²) in [7, 11) is 0. The van der Waals surface area contributed by atoms with Crippen LogP contribution in [0.4, 0.5) is 35.1 Å². The van der Waals surface area contributed by atoms with Crippen LogP contribution in [0.5, 0.6) is 0 Å². The van der Waals surface area contributed by atoms with Gasteiger partial charge in [-0.15, -0.1) is 0 Å². The van der Waals surface area contributed by atoms with Gasteiger partial charge >= 0.3 is 17.4 Å². The molecule has 0 spiro atoms. The van der Waals surface area contributed by atoms with Gasteiger partial charge in [0.2, 0.25) is 0 Å². The molecule has 0 heterocycles. The molecule has 0 saturated heterocycles. The third kappa shape index (κ3) is 3.82. The molecule has 26 heavy (non-hydrogen) atoms. The Bertz CT molecular complexity index is 794. The second-order valence-corrected chi connectivity index (χ2v) is 6.67. The summed E-state index contributed by atoms with van der Waals surface area (Å²) in [6.07, 6.45) is -6.41. The van der Waals surface area contributed by atoms with Gasteiger partial charge in [0.25, 0.3) is 0 Å². The van der Waals surface area contributed by atoms with Crippen molar-refractivity contribution < 1.29 is 35.1 Å². The van der Waals surface area contributed by atoms with Crippen LogP contribution >= 0.6 is 11.8 Å². The molecule has 0 aliphatic carbocycles. The first-order valence-electron chi connectivity index (χ1n) is 7.07. The maximum Gasteiger partial charge on any atom is 0.460 e. The van der Waals surface area contributed by atoms with Crippen molar-refractivity contribution in [2.24, 2.45) is 0 Å². The van der Waals surface area contributed by atoms with Gasteiger partial charge < -0.3 is 0 Å². The number of thioether (sulfide) groups is 1. The van der Waals surface area contributed by atoms with Crippen LogP contribution in [0, 0.1) is 25.7 Å². The second kappa shape index (κ2) is 6.75. The Labute approximate surface area is 148 Å². The predicted octanol–water partition coefficient (Wildman–Crippen LogP) is 6.79. The molecule has 0 bridgehead atoms. The quantitative estimate of drug-likeness (QED) is 0.403. The van der Waals surface area contributed by atoms with Crippen LogP contribution in [-0.4, -0.2) is 17.4 Å². The Balaban J connectivity index is 2.58. The molecule has 2 aromatic rings. The smallest absolute Gasteiger partial charge is 0.207 e. The molecule has 2 aromatic carbocycles.